The number of carbonyl (C=O) groups excluding carboxylic acids is 2. The van der Waals surface area contributed by atoms with Crippen molar-refractivity contribution in [1.29, 1.82) is 0 Å². The molecule has 1 fully saturated rings. The summed E-state index contributed by atoms with van der Waals surface area (Å²) in [6, 6.07) is 9.38. The number of furan rings is 1. The average molecular weight is 478 g/mol. The third-order valence-electron chi connectivity index (χ3n) is 8.34. The van der Waals surface area contributed by atoms with Crippen LogP contribution in [0.2, 0.25) is 0 Å². The predicted octanol–water partition coefficient (Wildman–Crippen LogP) is 4.32. The second kappa shape index (κ2) is 8.07. The molecule has 1 aromatic carbocycles. The molecule has 1 saturated carbocycles. The van der Waals surface area contributed by atoms with Gasteiger partial charge in [0.15, 0.2) is 17.1 Å². The van der Waals surface area contributed by atoms with Gasteiger partial charge in [0.05, 0.1) is 18.3 Å². The zero-order valence-corrected chi connectivity index (χ0v) is 20.4. The highest BCUT2D eigenvalue weighted by atomic mass is 16.7. The smallest absolute Gasteiger partial charge is 0.271 e. The lowest BCUT2D eigenvalue weighted by Crippen LogP contribution is -2.65. The number of nitrogens with zero attached hydrogens (tertiary/aromatic N) is 2. The predicted molar refractivity (Wildman–Crippen MR) is 129 cm³/mol. The van der Waals surface area contributed by atoms with Crippen molar-refractivity contribution in [3.63, 3.8) is 0 Å². The van der Waals surface area contributed by atoms with E-state index in [2.05, 4.69) is 19.2 Å². The number of benzene rings is 1. The number of amides is 2. The Morgan fingerprint density at radius 1 is 1.14 bits per heavy atom. The molecule has 2 aromatic heterocycles. The van der Waals surface area contributed by atoms with Gasteiger partial charge in [0.1, 0.15) is 11.2 Å². The molecular formula is C27H31N3O5. The van der Waals surface area contributed by atoms with Crippen molar-refractivity contribution in [1.82, 2.24) is 14.8 Å². The molecule has 35 heavy (non-hydrogen) atoms. The fraction of sp³-hybridized carbons (Fsp3) is 0.481. The third-order valence-corrected chi connectivity index (χ3v) is 8.34. The maximum atomic E-state index is 14.0. The van der Waals surface area contributed by atoms with Crippen LogP contribution >= 0.6 is 0 Å². The zero-order valence-electron chi connectivity index (χ0n) is 20.4. The Hall–Kier alpha value is -3.42. The largest absolute Gasteiger partial charge is 0.463 e. The first-order valence-electron chi connectivity index (χ1n) is 12.4. The minimum Gasteiger partial charge on any atom is -0.463 e. The number of carbonyl (C=O) groups is 2. The third kappa shape index (κ3) is 3.49. The minimum atomic E-state index is -1.08. The van der Waals surface area contributed by atoms with E-state index in [0.717, 1.165) is 23.9 Å². The first-order chi connectivity index (χ1) is 16.8. The van der Waals surface area contributed by atoms with Crippen LogP contribution in [0.15, 0.2) is 41.0 Å². The van der Waals surface area contributed by atoms with E-state index >= 15 is 0 Å². The van der Waals surface area contributed by atoms with E-state index in [9.17, 15) is 9.59 Å². The molecule has 8 nitrogen and oxygen atoms in total. The summed E-state index contributed by atoms with van der Waals surface area (Å²) in [7, 11) is 0. The van der Waals surface area contributed by atoms with Gasteiger partial charge in [-0.25, -0.2) is 0 Å². The molecule has 4 atom stereocenters. The Labute approximate surface area is 204 Å². The highest BCUT2D eigenvalue weighted by Gasteiger charge is 2.49. The molecule has 2 aliphatic heterocycles. The Kier molecular flexibility index (Phi) is 5.09. The van der Waals surface area contributed by atoms with Crippen LogP contribution in [0.5, 0.6) is 11.5 Å². The molecule has 1 N–H and O–H groups in total. The molecule has 3 aliphatic rings. The van der Waals surface area contributed by atoms with Crippen LogP contribution in [-0.2, 0) is 17.9 Å². The topological polar surface area (TPSA) is 85.9 Å². The fourth-order valence-electron chi connectivity index (χ4n) is 5.85. The highest BCUT2D eigenvalue weighted by Crippen LogP contribution is 2.37. The van der Waals surface area contributed by atoms with E-state index in [1.54, 1.807) is 17.2 Å². The number of hydrogen-bond donors (Lipinski definition) is 1. The summed E-state index contributed by atoms with van der Waals surface area (Å²) in [5.74, 6) is 1.98. The Morgan fingerprint density at radius 2 is 1.97 bits per heavy atom. The van der Waals surface area contributed by atoms with Crippen molar-refractivity contribution in [2.24, 2.45) is 11.8 Å². The molecule has 0 unspecified atom stereocenters. The molecule has 0 radical (unpaired) electrons. The number of fused-ring (bicyclic) bond motifs is 4. The zero-order chi connectivity index (χ0) is 24.3. The molecule has 8 heteroatoms. The number of ether oxygens (including phenoxy) is 2. The van der Waals surface area contributed by atoms with E-state index in [1.807, 2.05) is 35.8 Å². The second-order valence-corrected chi connectivity index (χ2v) is 10.5. The van der Waals surface area contributed by atoms with Crippen molar-refractivity contribution < 1.29 is 23.5 Å². The van der Waals surface area contributed by atoms with Crippen LogP contribution in [0.4, 0.5) is 0 Å². The first-order valence-corrected chi connectivity index (χ1v) is 12.4. The molecule has 4 heterocycles. The van der Waals surface area contributed by atoms with E-state index in [1.165, 1.54) is 6.42 Å². The van der Waals surface area contributed by atoms with Gasteiger partial charge in [-0.05, 0) is 42.9 Å². The normalized spacial score (nSPS) is 27.8. The minimum absolute atomic E-state index is 0.102. The van der Waals surface area contributed by atoms with Gasteiger partial charge in [-0.3, -0.25) is 9.59 Å². The number of aromatic nitrogens is 1. The molecular weight excluding hydrogens is 446 g/mol. The summed E-state index contributed by atoms with van der Waals surface area (Å²) >= 11 is 0. The maximum Gasteiger partial charge on any atom is 0.271 e. The van der Waals surface area contributed by atoms with E-state index in [-0.39, 0.29) is 31.2 Å². The van der Waals surface area contributed by atoms with Crippen LogP contribution in [-0.4, -0.2) is 39.7 Å². The van der Waals surface area contributed by atoms with E-state index in [4.69, 9.17) is 13.9 Å². The lowest BCUT2D eigenvalue weighted by molar-refractivity contribution is -0.134. The van der Waals surface area contributed by atoms with E-state index < -0.39 is 5.54 Å². The molecule has 3 aromatic rings. The fourth-order valence-corrected chi connectivity index (χ4v) is 5.85. The van der Waals surface area contributed by atoms with Gasteiger partial charge in [0.2, 0.25) is 12.7 Å². The van der Waals surface area contributed by atoms with Crippen molar-refractivity contribution in [2.75, 3.05) is 6.79 Å². The van der Waals surface area contributed by atoms with Crippen LogP contribution < -0.4 is 14.8 Å². The molecule has 0 bridgehead atoms. The lowest BCUT2D eigenvalue weighted by atomic mass is 9.77. The van der Waals surface area contributed by atoms with Crippen molar-refractivity contribution in [3.8, 4) is 11.5 Å². The van der Waals surface area contributed by atoms with Crippen LogP contribution in [0.25, 0.3) is 11.1 Å². The Balaban J connectivity index is 1.37. The van der Waals surface area contributed by atoms with Gasteiger partial charge < -0.3 is 28.7 Å². The molecule has 6 rings (SSSR count). The lowest BCUT2D eigenvalue weighted by Gasteiger charge is -2.45. The van der Waals surface area contributed by atoms with Crippen LogP contribution in [0.3, 0.4) is 0 Å². The molecule has 1 aliphatic carbocycles. The molecule has 0 spiro atoms. The highest BCUT2D eigenvalue weighted by molar-refractivity contribution is 6.02. The second-order valence-electron chi connectivity index (χ2n) is 10.5. The summed E-state index contributed by atoms with van der Waals surface area (Å²) in [5, 5.41) is 3.34. The first kappa shape index (κ1) is 22.1. The Morgan fingerprint density at radius 3 is 2.83 bits per heavy atom. The number of hydrogen-bond acceptors (Lipinski definition) is 5. The van der Waals surface area contributed by atoms with E-state index in [0.29, 0.717) is 41.2 Å². The number of nitrogens with one attached hydrogen (secondary N) is 1. The number of rotatable bonds is 4. The van der Waals surface area contributed by atoms with Crippen molar-refractivity contribution in [2.45, 2.75) is 64.7 Å². The van der Waals surface area contributed by atoms with Gasteiger partial charge in [0, 0.05) is 24.7 Å². The quantitative estimate of drug-likeness (QED) is 0.605. The summed E-state index contributed by atoms with van der Waals surface area (Å²) in [5.41, 5.74) is 1.81. The summed E-state index contributed by atoms with van der Waals surface area (Å²) in [6.45, 7) is 7.16. The summed E-state index contributed by atoms with van der Waals surface area (Å²) in [6.07, 6.45) is 4.86. The molecule has 184 valence electrons. The van der Waals surface area contributed by atoms with Gasteiger partial charge in [-0.15, -0.1) is 0 Å². The maximum absolute atomic E-state index is 14.0. The van der Waals surface area contributed by atoms with Gasteiger partial charge >= 0.3 is 0 Å². The van der Waals surface area contributed by atoms with Crippen molar-refractivity contribution in [3.05, 3.63) is 47.9 Å². The SMILES string of the molecule is C[C@@H]1[C@H](C)CCC[C@@H]1NC(=O)[C@]1(C)Cn2c(cc3occc32)C(=O)N1Cc1ccc2c(c1)OCO2. The molecule has 0 saturated heterocycles. The van der Waals surface area contributed by atoms with Crippen LogP contribution in [0.1, 0.15) is 56.1 Å². The Bertz CT molecular complexity index is 1310. The summed E-state index contributed by atoms with van der Waals surface area (Å²) in [4.78, 5) is 29.6. The van der Waals surface area contributed by atoms with Crippen LogP contribution in [0, 0.1) is 11.8 Å². The van der Waals surface area contributed by atoms with Crippen molar-refractivity contribution >= 4 is 22.9 Å². The monoisotopic (exact) mass is 477 g/mol. The van der Waals surface area contributed by atoms with Gasteiger partial charge in [0.25, 0.3) is 5.91 Å². The summed E-state index contributed by atoms with van der Waals surface area (Å²) < 4.78 is 18.5. The average Bonchev–Trinajstić information content (AvgIpc) is 3.56. The standard InChI is InChI=1S/C27H31N3O5/c1-16-5-4-6-19(17(16)2)28-26(32)27(3)14-29-20-9-10-33-23(20)12-21(29)25(31)30(27)13-18-7-8-22-24(11-18)35-15-34-22/h7-12,16-17,19H,4-6,13-15H2,1-3H3,(H,28,32)/t16-,17-,19+,27+/m1/s1. The van der Waals surface area contributed by atoms with Gasteiger partial charge in [-0.2, -0.15) is 0 Å². The molecule has 2 amide bonds. The van der Waals surface area contributed by atoms with Gasteiger partial charge in [-0.1, -0.05) is 32.8 Å².